The minimum absolute atomic E-state index is 0.120. The Kier molecular flexibility index (Phi) is 8.30. The maximum Gasteiger partial charge on any atom is 0.311 e. The lowest BCUT2D eigenvalue weighted by Crippen LogP contribution is -2.40. The molecular formula is C31H31FN4O4S. The van der Waals surface area contributed by atoms with Crippen LogP contribution in [0.25, 0.3) is 10.8 Å². The number of halogens is 1. The van der Waals surface area contributed by atoms with Crippen LogP contribution in [0.15, 0.2) is 77.8 Å². The van der Waals surface area contributed by atoms with E-state index in [0.29, 0.717) is 40.7 Å². The third kappa shape index (κ3) is 5.65. The van der Waals surface area contributed by atoms with E-state index < -0.39 is 35.7 Å². The number of thiol groups is 1. The zero-order valence-electron chi connectivity index (χ0n) is 22.7. The van der Waals surface area contributed by atoms with Gasteiger partial charge in [-0.3, -0.25) is 9.59 Å². The van der Waals surface area contributed by atoms with Crippen molar-refractivity contribution in [2.24, 2.45) is 5.92 Å². The fourth-order valence-electron chi connectivity index (χ4n) is 5.46. The summed E-state index contributed by atoms with van der Waals surface area (Å²) in [5.41, 5.74) is 7.44. The molecule has 2 heterocycles. The van der Waals surface area contributed by atoms with Gasteiger partial charge in [0.15, 0.2) is 0 Å². The van der Waals surface area contributed by atoms with Gasteiger partial charge in [-0.25, -0.2) is 9.37 Å². The predicted molar refractivity (Wildman–Crippen MR) is 158 cm³/mol. The van der Waals surface area contributed by atoms with Crippen molar-refractivity contribution in [3.8, 4) is 5.75 Å². The van der Waals surface area contributed by atoms with E-state index in [9.17, 15) is 9.59 Å². The fraction of sp³-hybridized carbons (Fsp3) is 0.258. The van der Waals surface area contributed by atoms with Crippen LogP contribution in [0.3, 0.4) is 0 Å². The molecule has 0 saturated carbocycles. The molecule has 1 saturated heterocycles. The maximum atomic E-state index is 15.5. The Labute approximate surface area is 243 Å². The third-order valence-electron chi connectivity index (χ3n) is 7.38. The molecular weight excluding hydrogens is 543 g/mol. The first-order chi connectivity index (χ1) is 19.8. The molecule has 10 heteroatoms. The summed E-state index contributed by atoms with van der Waals surface area (Å²) in [5.74, 6) is -1.17. The molecule has 8 nitrogen and oxygen atoms in total. The van der Waals surface area contributed by atoms with Gasteiger partial charge in [-0.15, -0.1) is 12.6 Å². The van der Waals surface area contributed by atoms with Crippen LogP contribution in [0.1, 0.15) is 36.6 Å². The number of methoxy groups -OCH3 is 1. The highest BCUT2D eigenvalue weighted by atomic mass is 32.1. The Balaban J connectivity index is 1.60. The summed E-state index contributed by atoms with van der Waals surface area (Å²) in [6, 6.07) is 17.1. The van der Waals surface area contributed by atoms with E-state index in [1.165, 1.54) is 25.3 Å². The van der Waals surface area contributed by atoms with Crippen LogP contribution < -0.4 is 15.8 Å². The number of fused-ring (bicyclic) bond motifs is 1. The van der Waals surface area contributed by atoms with Gasteiger partial charge in [-0.2, -0.15) is 0 Å². The van der Waals surface area contributed by atoms with Gasteiger partial charge in [0.1, 0.15) is 23.4 Å². The number of hydrogen-bond acceptors (Lipinski definition) is 8. The number of amides is 1. The highest BCUT2D eigenvalue weighted by molar-refractivity contribution is 7.80. The third-order valence-corrected chi connectivity index (χ3v) is 7.79. The van der Waals surface area contributed by atoms with E-state index in [1.54, 1.807) is 23.2 Å². The van der Waals surface area contributed by atoms with Crippen LogP contribution in [0.2, 0.25) is 0 Å². The molecule has 3 atom stereocenters. The van der Waals surface area contributed by atoms with E-state index in [1.807, 2.05) is 43.3 Å². The number of ether oxygens (including phenoxy) is 2. The molecule has 0 radical (unpaired) electrons. The molecule has 1 amide bonds. The summed E-state index contributed by atoms with van der Waals surface area (Å²) in [4.78, 5) is 33.7. The summed E-state index contributed by atoms with van der Waals surface area (Å²) in [5, 5.41) is 4.83. The molecule has 0 spiro atoms. The van der Waals surface area contributed by atoms with Crippen LogP contribution in [0.4, 0.5) is 15.9 Å². The molecule has 1 aliphatic heterocycles. The average Bonchev–Trinajstić information content (AvgIpc) is 3.42. The molecule has 3 aromatic carbocycles. The number of nitrogen functional groups attached to an aromatic ring is 1. The van der Waals surface area contributed by atoms with E-state index in [2.05, 4.69) is 22.9 Å². The number of nitrogens with zero attached hydrogens (tertiary/aromatic N) is 2. The van der Waals surface area contributed by atoms with Crippen molar-refractivity contribution in [3.63, 3.8) is 0 Å². The molecule has 5 rings (SSSR count). The molecule has 1 aliphatic rings. The second-order valence-electron chi connectivity index (χ2n) is 9.78. The van der Waals surface area contributed by atoms with Gasteiger partial charge in [0.25, 0.3) is 0 Å². The van der Waals surface area contributed by atoms with E-state index in [0.717, 1.165) is 10.8 Å². The lowest BCUT2D eigenvalue weighted by Gasteiger charge is -2.32. The number of nitrogens with one attached hydrogen (secondary N) is 1. The highest BCUT2D eigenvalue weighted by Gasteiger charge is 2.45. The Morgan fingerprint density at radius 3 is 2.73 bits per heavy atom. The fourth-order valence-corrected chi connectivity index (χ4v) is 5.75. The lowest BCUT2D eigenvalue weighted by molar-refractivity contribution is -0.147. The number of carbonyl (C=O) groups is 2. The van der Waals surface area contributed by atoms with Crippen molar-refractivity contribution in [1.29, 1.82) is 0 Å². The van der Waals surface area contributed by atoms with Gasteiger partial charge >= 0.3 is 5.97 Å². The molecule has 4 aromatic rings. The first kappa shape index (κ1) is 28.2. The van der Waals surface area contributed by atoms with Gasteiger partial charge in [-0.1, -0.05) is 18.2 Å². The molecule has 212 valence electrons. The first-order valence-electron chi connectivity index (χ1n) is 13.3. The number of anilines is 2. The number of pyridine rings is 1. The summed E-state index contributed by atoms with van der Waals surface area (Å²) >= 11 is 4.62. The quantitative estimate of drug-likeness (QED) is 0.187. The van der Waals surface area contributed by atoms with Crippen molar-refractivity contribution in [1.82, 2.24) is 9.88 Å². The minimum Gasteiger partial charge on any atom is -0.494 e. The average molecular weight is 575 g/mol. The van der Waals surface area contributed by atoms with Gasteiger partial charge < -0.3 is 25.4 Å². The van der Waals surface area contributed by atoms with Crippen molar-refractivity contribution < 1.29 is 23.5 Å². The monoisotopic (exact) mass is 574 g/mol. The van der Waals surface area contributed by atoms with Crippen LogP contribution >= 0.6 is 12.6 Å². The number of aromatic nitrogens is 1. The molecule has 1 aromatic heterocycles. The van der Waals surface area contributed by atoms with Crippen molar-refractivity contribution in [2.75, 3.05) is 31.3 Å². The van der Waals surface area contributed by atoms with Crippen LogP contribution in [0, 0.1) is 11.7 Å². The number of benzene rings is 3. The molecule has 1 fully saturated rings. The maximum absolute atomic E-state index is 15.5. The Hall–Kier alpha value is -4.31. The Morgan fingerprint density at radius 1 is 1.17 bits per heavy atom. The Morgan fingerprint density at radius 2 is 1.98 bits per heavy atom. The largest absolute Gasteiger partial charge is 0.494 e. The molecule has 0 aliphatic carbocycles. The van der Waals surface area contributed by atoms with E-state index >= 15 is 4.39 Å². The van der Waals surface area contributed by atoms with Gasteiger partial charge in [0.2, 0.25) is 5.91 Å². The van der Waals surface area contributed by atoms with E-state index in [-0.39, 0.29) is 12.1 Å². The number of carbonyl (C=O) groups excluding carboxylic acids is 2. The second-order valence-corrected chi connectivity index (χ2v) is 10.3. The van der Waals surface area contributed by atoms with Crippen LogP contribution in [0.5, 0.6) is 5.75 Å². The van der Waals surface area contributed by atoms with Gasteiger partial charge in [0, 0.05) is 34.3 Å². The smallest absolute Gasteiger partial charge is 0.311 e. The lowest BCUT2D eigenvalue weighted by atomic mass is 9.93. The number of esters is 1. The highest BCUT2D eigenvalue weighted by Crippen LogP contribution is 2.42. The number of nitrogens with two attached hydrogens (primary N) is 1. The number of likely N-dealkylation sites (tertiary alicyclic amines) is 1. The minimum atomic E-state index is -1.14. The second kappa shape index (κ2) is 12.1. The summed E-state index contributed by atoms with van der Waals surface area (Å²) < 4.78 is 26.2. The predicted octanol–water partition coefficient (Wildman–Crippen LogP) is 5.56. The molecule has 3 N–H and O–H groups in total. The van der Waals surface area contributed by atoms with Gasteiger partial charge in [-0.05, 0) is 72.8 Å². The SMILES string of the molecule is CCOc1ccc(F)c([C@@H](Nc2ccc3c(N)nccc3c2)C(=O)N2CC[C@H](C(=O)OC)[C@@H]2c2ccccc2S)c1. The topological polar surface area (TPSA) is 107 Å². The standard InChI is InChI=1S/C31H31FN4O4S/c1-3-40-20-9-11-25(32)24(17-20)27(35-19-8-10-21-18(16-19)12-14-34-29(21)33)30(37)36-15-13-23(31(38)39-2)28(36)22-6-4-5-7-26(22)41/h4-12,14,16-17,23,27-28,35,41H,3,13,15H2,1-2H3,(H2,33,34)/t23-,27+,28-/m0/s1. The molecule has 0 bridgehead atoms. The number of hydrogen-bond donors (Lipinski definition) is 3. The Bertz CT molecular complexity index is 1600. The molecule has 0 unspecified atom stereocenters. The zero-order chi connectivity index (χ0) is 29.1. The summed E-state index contributed by atoms with van der Waals surface area (Å²) in [6.45, 7) is 2.48. The van der Waals surface area contributed by atoms with Crippen molar-refractivity contribution in [3.05, 3.63) is 89.9 Å². The summed E-state index contributed by atoms with van der Waals surface area (Å²) in [6.07, 6.45) is 1.99. The molecule has 41 heavy (non-hydrogen) atoms. The zero-order valence-corrected chi connectivity index (χ0v) is 23.6. The summed E-state index contributed by atoms with van der Waals surface area (Å²) in [7, 11) is 1.33. The van der Waals surface area contributed by atoms with Crippen LogP contribution in [-0.4, -0.2) is 42.0 Å². The van der Waals surface area contributed by atoms with Crippen molar-refractivity contribution >= 4 is 46.8 Å². The van der Waals surface area contributed by atoms with Gasteiger partial charge in [0.05, 0.1) is 25.7 Å². The van der Waals surface area contributed by atoms with E-state index in [4.69, 9.17) is 15.2 Å². The number of rotatable bonds is 8. The first-order valence-corrected chi connectivity index (χ1v) is 13.8. The normalized spacial score (nSPS) is 17.3. The van der Waals surface area contributed by atoms with Crippen LogP contribution in [-0.2, 0) is 14.3 Å². The van der Waals surface area contributed by atoms with Crippen molar-refractivity contribution in [2.45, 2.75) is 30.3 Å².